The third-order valence-electron chi connectivity index (χ3n) is 3.46. The maximum absolute atomic E-state index is 12.4. The van der Waals surface area contributed by atoms with Gasteiger partial charge in [0.05, 0.1) is 12.7 Å². The maximum atomic E-state index is 12.4. The number of hydrogen-bond donors (Lipinski definition) is 2. The Bertz CT molecular complexity index is 800. The largest absolute Gasteiger partial charge is 0.465 e. The van der Waals surface area contributed by atoms with E-state index in [0.717, 1.165) is 0 Å². The van der Waals surface area contributed by atoms with E-state index in [1.165, 1.54) is 13.2 Å². The molecule has 2 rings (SSSR count). The first-order valence-electron chi connectivity index (χ1n) is 7.81. The maximum Gasteiger partial charge on any atom is 0.337 e. The first-order chi connectivity index (χ1) is 11.9. The minimum atomic E-state index is -0.506. The van der Waals surface area contributed by atoms with Gasteiger partial charge in [0.25, 0.3) is 5.91 Å². The first kappa shape index (κ1) is 18.2. The van der Waals surface area contributed by atoms with Gasteiger partial charge < -0.3 is 15.4 Å². The molecule has 0 heterocycles. The summed E-state index contributed by atoms with van der Waals surface area (Å²) >= 11 is 0. The molecule has 0 aliphatic rings. The number of carbonyl (C=O) groups is 3. The van der Waals surface area contributed by atoms with Crippen LogP contribution < -0.4 is 10.6 Å². The molecule has 0 unspecified atom stereocenters. The van der Waals surface area contributed by atoms with E-state index in [9.17, 15) is 14.4 Å². The van der Waals surface area contributed by atoms with Gasteiger partial charge in [-0.05, 0) is 36.4 Å². The summed E-state index contributed by atoms with van der Waals surface area (Å²) in [6.45, 7) is 3.60. The quantitative estimate of drug-likeness (QED) is 0.818. The van der Waals surface area contributed by atoms with Crippen LogP contribution in [0, 0.1) is 5.92 Å². The highest BCUT2D eigenvalue weighted by molar-refractivity contribution is 6.06. The van der Waals surface area contributed by atoms with Gasteiger partial charge in [0, 0.05) is 22.9 Å². The van der Waals surface area contributed by atoms with Gasteiger partial charge in [-0.2, -0.15) is 0 Å². The second kappa shape index (κ2) is 8.10. The van der Waals surface area contributed by atoms with Crippen LogP contribution in [0.5, 0.6) is 0 Å². The third-order valence-corrected chi connectivity index (χ3v) is 3.46. The topological polar surface area (TPSA) is 84.5 Å². The van der Waals surface area contributed by atoms with E-state index < -0.39 is 5.97 Å². The molecule has 0 saturated heterocycles. The molecule has 0 fully saturated rings. The van der Waals surface area contributed by atoms with Crippen LogP contribution in [0.4, 0.5) is 11.4 Å². The zero-order valence-electron chi connectivity index (χ0n) is 14.3. The molecule has 2 amide bonds. The molecule has 0 aliphatic carbocycles. The molecule has 25 heavy (non-hydrogen) atoms. The fourth-order valence-electron chi connectivity index (χ4n) is 2.07. The molecule has 0 bridgehead atoms. The molecule has 0 atom stereocenters. The molecule has 2 aromatic rings. The molecule has 2 aromatic carbocycles. The number of ether oxygens (including phenoxy) is 1. The van der Waals surface area contributed by atoms with Crippen LogP contribution in [-0.4, -0.2) is 24.9 Å². The number of anilines is 2. The van der Waals surface area contributed by atoms with Gasteiger partial charge in [-0.15, -0.1) is 0 Å². The van der Waals surface area contributed by atoms with E-state index in [1.807, 2.05) is 0 Å². The Morgan fingerprint density at radius 1 is 0.880 bits per heavy atom. The van der Waals surface area contributed by atoms with E-state index >= 15 is 0 Å². The number of carbonyl (C=O) groups excluding carboxylic acids is 3. The van der Waals surface area contributed by atoms with Crippen LogP contribution in [0.15, 0.2) is 48.5 Å². The van der Waals surface area contributed by atoms with Crippen LogP contribution >= 0.6 is 0 Å². The number of benzene rings is 2. The van der Waals surface area contributed by atoms with E-state index in [1.54, 1.807) is 56.3 Å². The average molecular weight is 340 g/mol. The van der Waals surface area contributed by atoms with Crippen molar-refractivity contribution in [1.82, 2.24) is 0 Å². The molecule has 2 N–H and O–H groups in total. The Kier molecular flexibility index (Phi) is 5.89. The molecule has 130 valence electrons. The van der Waals surface area contributed by atoms with Gasteiger partial charge in [0.15, 0.2) is 0 Å². The lowest BCUT2D eigenvalue weighted by atomic mass is 10.1. The number of esters is 1. The summed E-state index contributed by atoms with van der Waals surface area (Å²) in [5, 5.41) is 5.52. The Morgan fingerprint density at radius 2 is 1.48 bits per heavy atom. The van der Waals surface area contributed by atoms with Crippen LogP contribution in [0.25, 0.3) is 0 Å². The Labute approximate surface area is 146 Å². The summed E-state index contributed by atoms with van der Waals surface area (Å²) in [5.74, 6) is -1.11. The number of hydrogen-bond acceptors (Lipinski definition) is 4. The fourth-order valence-corrected chi connectivity index (χ4v) is 2.07. The molecular weight excluding hydrogens is 320 g/mol. The van der Waals surface area contributed by atoms with Crippen molar-refractivity contribution in [3.8, 4) is 0 Å². The highest BCUT2D eigenvalue weighted by atomic mass is 16.5. The lowest BCUT2D eigenvalue weighted by Crippen LogP contribution is -2.18. The molecule has 0 aliphatic heterocycles. The van der Waals surface area contributed by atoms with E-state index in [2.05, 4.69) is 15.4 Å². The van der Waals surface area contributed by atoms with E-state index in [-0.39, 0.29) is 17.7 Å². The minimum Gasteiger partial charge on any atom is -0.465 e. The Hall–Kier alpha value is -3.15. The van der Waals surface area contributed by atoms with Gasteiger partial charge in [-0.25, -0.2) is 4.79 Å². The van der Waals surface area contributed by atoms with Crippen LogP contribution in [-0.2, 0) is 9.53 Å². The van der Waals surface area contributed by atoms with Crippen molar-refractivity contribution in [2.75, 3.05) is 17.7 Å². The van der Waals surface area contributed by atoms with Crippen molar-refractivity contribution in [2.24, 2.45) is 5.92 Å². The summed E-state index contributed by atoms with van der Waals surface area (Å²) in [5.41, 5.74) is 1.77. The summed E-state index contributed by atoms with van der Waals surface area (Å²) in [7, 11) is 1.28. The summed E-state index contributed by atoms with van der Waals surface area (Å²) in [6, 6.07) is 13.1. The zero-order valence-corrected chi connectivity index (χ0v) is 14.3. The van der Waals surface area contributed by atoms with Gasteiger partial charge in [-0.1, -0.05) is 26.0 Å². The second-order valence-electron chi connectivity index (χ2n) is 5.75. The Balaban J connectivity index is 2.13. The van der Waals surface area contributed by atoms with Gasteiger partial charge in [0.2, 0.25) is 5.91 Å². The molecule has 0 aromatic heterocycles. The number of amides is 2. The predicted molar refractivity (Wildman–Crippen MR) is 95.6 cm³/mol. The van der Waals surface area contributed by atoms with Crippen LogP contribution in [0.2, 0.25) is 0 Å². The fraction of sp³-hybridized carbons (Fsp3) is 0.211. The standard InChI is InChI=1S/C19H20N2O4/c1-12(2)17(22)20-15-8-5-9-16(11-15)21-18(23)13-6-4-7-14(10-13)19(24)25-3/h4-12H,1-3H3,(H,20,22)(H,21,23). The lowest BCUT2D eigenvalue weighted by molar-refractivity contribution is -0.118. The van der Waals surface area contributed by atoms with Crippen LogP contribution in [0.1, 0.15) is 34.6 Å². The number of nitrogens with one attached hydrogen (secondary N) is 2. The van der Waals surface area contributed by atoms with Crippen LogP contribution in [0.3, 0.4) is 0 Å². The first-order valence-corrected chi connectivity index (χ1v) is 7.81. The van der Waals surface area contributed by atoms with E-state index in [4.69, 9.17) is 0 Å². The summed E-state index contributed by atoms with van der Waals surface area (Å²) < 4.78 is 4.65. The normalized spacial score (nSPS) is 10.2. The van der Waals surface area contributed by atoms with Crippen molar-refractivity contribution >= 4 is 29.2 Å². The van der Waals surface area contributed by atoms with Crippen molar-refractivity contribution in [2.45, 2.75) is 13.8 Å². The molecular formula is C19H20N2O4. The highest BCUT2D eigenvalue weighted by Crippen LogP contribution is 2.17. The predicted octanol–water partition coefficient (Wildman–Crippen LogP) is 3.32. The van der Waals surface area contributed by atoms with Gasteiger partial charge in [-0.3, -0.25) is 9.59 Å². The van der Waals surface area contributed by atoms with E-state index in [0.29, 0.717) is 22.5 Å². The van der Waals surface area contributed by atoms with Crippen molar-refractivity contribution in [3.63, 3.8) is 0 Å². The smallest absolute Gasteiger partial charge is 0.337 e. The molecule has 0 saturated carbocycles. The Morgan fingerprint density at radius 3 is 2.12 bits per heavy atom. The minimum absolute atomic E-state index is 0.103. The van der Waals surface area contributed by atoms with Crippen molar-refractivity contribution in [1.29, 1.82) is 0 Å². The van der Waals surface area contributed by atoms with Gasteiger partial charge >= 0.3 is 5.97 Å². The average Bonchev–Trinajstić information content (AvgIpc) is 2.61. The highest BCUT2D eigenvalue weighted by Gasteiger charge is 2.12. The lowest BCUT2D eigenvalue weighted by Gasteiger charge is -2.10. The number of rotatable bonds is 5. The molecule has 6 heteroatoms. The molecule has 6 nitrogen and oxygen atoms in total. The van der Waals surface area contributed by atoms with Gasteiger partial charge in [0.1, 0.15) is 0 Å². The third kappa shape index (κ3) is 4.91. The summed E-state index contributed by atoms with van der Waals surface area (Å²) in [4.78, 5) is 35.7. The molecule has 0 spiro atoms. The summed E-state index contributed by atoms with van der Waals surface area (Å²) in [6.07, 6.45) is 0. The van der Waals surface area contributed by atoms with Crippen molar-refractivity contribution in [3.05, 3.63) is 59.7 Å². The monoisotopic (exact) mass is 340 g/mol. The zero-order chi connectivity index (χ0) is 18.4. The molecule has 0 radical (unpaired) electrons. The van der Waals surface area contributed by atoms with Crippen molar-refractivity contribution < 1.29 is 19.1 Å². The SMILES string of the molecule is COC(=O)c1cccc(C(=O)Nc2cccc(NC(=O)C(C)C)c2)c1. The second-order valence-corrected chi connectivity index (χ2v) is 5.75. The number of methoxy groups -OCH3 is 1.